The first-order valence-electron chi connectivity index (χ1n) is 5.44. The van der Waals surface area contributed by atoms with E-state index >= 15 is 0 Å². The Labute approximate surface area is 94.0 Å². The molecule has 0 saturated heterocycles. The summed E-state index contributed by atoms with van der Waals surface area (Å²) >= 11 is 0. The number of aliphatic hydroxyl groups is 1. The number of carbonyl (C=O) groups excluding carboxylic acids is 1. The Bertz CT molecular complexity index is 419. The Balaban J connectivity index is 2.54. The van der Waals surface area contributed by atoms with Gasteiger partial charge in [-0.25, -0.2) is 4.79 Å². The molecule has 1 saturated carbocycles. The number of carbonyl (C=O) groups is 2. The number of fused-ring (bicyclic) bond motifs is 2. The number of carboxylic acids is 1. The van der Waals surface area contributed by atoms with Crippen LogP contribution in [0.4, 0.5) is 0 Å². The van der Waals surface area contributed by atoms with Gasteiger partial charge in [-0.1, -0.05) is 20.8 Å². The molecule has 4 heteroatoms. The van der Waals surface area contributed by atoms with Crippen molar-refractivity contribution < 1.29 is 19.8 Å². The Kier molecular flexibility index (Phi) is 2.00. The summed E-state index contributed by atoms with van der Waals surface area (Å²) in [4.78, 5) is 22.3. The lowest BCUT2D eigenvalue weighted by atomic mass is 9.69. The van der Waals surface area contributed by atoms with Gasteiger partial charge in [-0.15, -0.1) is 0 Å². The van der Waals surface area contributed by atoms with Crippen LogP contribution < -0.4 is 0 Å². The van der Waals surface area contributed by atoms with E-state index in [4.69, 9.17) is 5.11 Å². The number of Topliss-reactive ketones (excluding diaryl/α,β-unsaturated/α-hetero) is 1. The third-order valence-corrected chi connectivity index (χ3v) is 4.79. The van der Waals surface area contributed by atoms with Crippen LogP contribution >= 0.6 is 0 Å². The van der Waals surface area contributed by atoms with Crippen LogP contribution in [0.5, 0.6) is 0 Å². The van der Waals surface area contributed by atoms with Crippen molar-refractivity contribution in [2.24, 2.45) is 16.7 Å². The highest BCUT2D eigenvalue weighted by Gasteiger charge is 2.63. The van der Waals surface area contributed by atoms with Crippen LogP contribution in [0.3, 0.4) is 0 Å². The molecule has 2 unspecified atom stereocenters. The maximum Gasteiger partial charge on any atom is 0.377 e. The summed E-state index contributed by atoms with van der Waals surface area (Å²) in [6.07, 6.45) is 1.59. The quantitative estimate of drug-likeness (QED) is 0.702. The second kappa shape index (κ2) is 2.87. The van der Waals surface area contributed by atoms with Crippen LogP contribution in [0.2, 0.25) is 0 Å². The average molecular weight is 224 g/mol. The summed E-state index contributed by atoms with van der Waals surface area (Å²) in [5.74, 6) is -2.55. The van der Waals surface area contributed by atoms with Crippen LogP contribution in [0.1, 0.15) is 33.6 Å². The summed E-state index contributed by atoms with van der Waals surface area (Å²) in [6, 6.07) is 0. The number of hydrogen-bond acceptors (Lipinski definition) is 3. The molecular formula is C12H16O4. The molecule has 0 aromatic rings. The van der Waals surface area contributed by atoms with Gasteiger partial charge in [-0.05, 0) is 24.2 Å². The summed E-state index contributed by atoms with van der Waals surface area (Å²) < 4.78 is 0. The normalized spacial score (nSPS) is 35.6. The highest BCUT2D eigenvalue weighted by molar-refractivity contribution is 6.40. The van der Waals surface area contributed by atoms with Crippen molar-refractivity contribution in [3.8, 4) is 0 Å². The van der Waals surface area contributed by atoms with Crippen molar-refractivity contribution in [2.75, 3.05) is 0 Å². The SMILES string of the molecule is CC12CCC(C(C(=O)C(=O)O)=C1O)C2(C)C. The van der Waals surface area contributed by atoms with Gasteiger partial charge in [0.1, 0.15) is 5.76 Å². The molecule has 2 atom stereocenters. The maximum absolute atomic E-state index is 11.6. The average Bonchev–Trinajstić information content (AvgIpc) is 2.48. The predicted octanol–water partition coefficient (Wildman–Crippen LogP) is 1.91. The highest BCUT2D eigenvalue weighted by Crippen LogP contribution is 2.67. The zero-order valence-electron chi connectivity index (χ0n) is 9.70. The van der Waals surface area contributed by atoms with Crippen molar-refractivity contribution in [3.05, 3.63) is 11.3 Å². The van der Waals surface area contributed by atoms with E-state index in [1.807, 2.05) is 20.8 Å². The van der Waals surface area contributed by atoms with Gasteiger partial charge in [-0.3, -0.25) is 4.79 Å². The number of aliphatic carboxylic acids is 1. The fourth-order valence-electron chi connectivity index (χ4n) is 3.27. The molecule has 2 aliphatic carbocycles. The van der Waals surface area contributed by atoms with E-state index in [-0.39, 0.29) is 22.7 Å². The Morgan fingerprint density at radius 3 is 2.25 bits per heavy atom. The second-order valence-corrected chi connectivity index (χ2v) is 5.54. The first-order chi connectivity index (χ1) is 7.23. The van der Waals surface area contributed by atoms with Crippen molar-refractivity contribution in [2.45, 2.75) is 33.6 Å². The smallest absolute Gasteiger partial charge is 0.377 e. The van der Waals surface area contributed by atoms with E-state index in [0.29, 0.717) is 0 Å². The van der Waals surface area contributed by atoms with E-state index in [1.165, 1.54) is 0 Å². The molecule has 2 aliphatic rings. The minimum absolute atomic E-state index is 0.00106. The molecule has 16 heavy (non-hydrogen) atoms. The van der Waals surface area contributed by atoms with E-state index in [2.05, 4.69) is 0 Å². The van der Waals surface area contributed by atoms with Crippen molar-refractivity contribution in [1.29, 1.82) is 0 Å². The van der Waals surface area contributed by atoms with Crippen LogP contribution in [-0.4, -0.2) is 22.0 Å². The molecule has 0 aromatic carbocycles. The largest absolute Gasteiger partial charge is 0.511 e. The first kappa shape index (κ1) is 11.2. The number of allylic oxidation sites excluding steroid dienone is 1. The first-order valence-corrected chi connectivity index (χ1v) is 5.44. The van der Waals surface area contributed by atoms with Gasteiger partial charge in [-0.2, -0.15) is 0 Å². The van der Waals surface area contributed by atoms with Gasteiger partial charge >= 0.3 is 5.97 Å². The lowest BCUT2D eigenvalue weighted by Crippen LogP contribution is -2.30. The zero-order chi connectivity index (χ0) is 12.3. The lowest BCUT2D eigenvalue weighted by molar-refractivity contribution is -0.147. The number of ketones is 1. The molecule has 2 rings (SSSR count). The Morgan fingerprint density at radius 1 is 1.31 bits per heavy atom. The minimum Gasteiger partial charge on any atom is -0.511 e. The molecule has 0 aliphatic heterocycles. The Morgan fingerprint density at radius 2 is 1.88 bits per heavy atom. The van der Waals surface area contributed by atoms with Gasteiger partial charge in [0.2, 0.25) is 0 Å². The van der Waals surface area contributed by atoms with Crippen molar-refractivity contribution >= 4 is 11.8 Å². The topological polar surface area (TPSA) is 74.6 Å². The second-order valence-electron chi connectivity index (χ2n) is 5.54. The van der Waals surface area contributed by atoms with Crippen LogP contribution in [0.15, 0.2) is 11.3 Å². The van der Waals surface area contributed by atoms with Crippen LogP contribution in [0.25, 0.3) is 0 Å². The molecule has 0 aromatic heterocycles. The number of aliphatic hydroxyl groups excluding tert-OH is 1. The van der Waals surface area contributed by atoms with Gasteiger partial charge in [0, 0.05) is 11.0 Å². The van der Waals surface area contributed by atoms with Gasteiger partial charge in [0.15, 0.2) is 0 Å². The fourth-order valence-corrected chi connectivity index (χ4v) is 3.27. The van der Waals surface area contributed by atoms with Gasteiger partial charge in [0.05, 0.1) is 0 Å². The van der Waals surface area contributed by atoms with E-state index < -0.39 is 17.2 Å². The molecule has 0 radical (unpaired) electrons. The van der Waals surface area contributed by atoms with E-state index in [9.17, 15) is 14.7 Å². The molecule has 0 spiro atoms. The van der Waals surface area contributed by atoms with Gasteiger partial charge in [0.25, 0.3) is 5.78 Å². The number of rotatable bonds is 2. The minimum atomic E-state index is -1.48. The molecular weight excluding hydrogens is 208 g/mol. The summed E-state index contributed by atoms with van der Waals surface area (Å²) in [5.41, 5.74) is -0.554. The molecule has 4 nitrogen and oxygen atoms in total. The summed E-state index contributed by atoms with van der Waals surface area (Å²) in [6.45, 7) is 5.89. The summed E-state index contributed by atoms with van der Waals surface area (Å²) in [5, 5.41) is 18.8. The fraction of sp³-hybridized carbons (Fsp3) is 0.667. The van der Waals surface area contributed by atoms with Crippen molar-refractivity contribution in [1.82, 2.24) is 0 Å². The molecule has 0 amide bonds. The molecule has 0 heterocycles. The Hall–Kier alpha value is -1.32. The van der Waals surface area contributed by atoms with E-state index in [1.54, 1.807) is 0 Å². The monoisotopic (exact) mass is 224 g/mol. The third kappa shape index (κ3) is 0.996. The third-order valence-electron chi connectivity index (χ3n) is 4.79. The molecule has 1 fully saturated rings. The maximum atomic E-state index is 11.6. The number of carboxylic acid groups (broad SMARTS) is 1. The molecule has 2 N–H and O–H groups in total. The standard InChI is InChI=1S/C12H16O4/c1-11(2)6-4-5-12(11,3)9(14)7(6)8(13)10(15)16/h6,14H,4-5H2,1-3H3,(H,15,16). The van der Waals surface area contributed by atoms with Crippen molar-refractivity contribution in [3.63, 3.8) is 0 Å². The van der Waals surface area contributed by atoms with Crippen LogP contribution in [0, 0.1) is 16.7 Å². The van der Waals surface area contributed by atoms with E-state index in [0.717, 1.165) is 12.8 Å². The number of hydrogen-bond donors (Lipinski definition) is 2. The highest BCUT2D eigenvalue weighted by atomic mass is 16.4. The van der Waals surface area contributed by atoms with Gasteiger partial charge < -0.3 is 10.2 Å². The molecule has 88 valence electrons. The molecule has 2 bridgehead atoms. The summed E-state index contributed by atoms with van der Waals surface area (Å²) in [7, 11) is 0. The predicted molar refractivity (Wildman–Crippen MR) is 56.9 cm³/mol. The lowest BCUT2D eigenvalue weighted by Gasteiger charge is -2.34. The zero-order valence-corrected chi connectivity index (χ0v) is 9.70. The van der Waals surface area contributed by atoms with Crippen LogP contribution in [-0.2, 0) is 9.59 Å².